The second-order valence-corrected chi connectivity index (χ2v) is 8.04. The van der Waals surface area contributed by atoms with Crippen LogP contribution in [-0.4, -0.2) is 67.4 Å². The quantitative estimate of drug-likeness (QED) is 0.610. The van der Waals surface area contributed by atoms with E-state index in [-0.39, 0.29) is 11.8 Å². The molecule has 0 radical (unpaired) electrons. The second-order valence-electron chi connectivity index (χ2n) is 8.04. The van der Waals surface area contributed by atoms with Crippen LogP contribution in [0.2, 0.25) is 0 Å². The molecule has 1 unspecified atom stereocenters. The minimum absolute atomic E-state index is 0.123. The van der Waals surface area contributed by atoms with E-state index >= 15 is 0 Å². The minimum atomic E-state index is 0.123. The summed E-state index contributed by atoms with van der Waals surface area (Å²) in [5.41, 5.74) is 1.90. The molecule has 0 aliphatic carbocycles. The Morgan fingerprint density at radius 3 is 2.83 bits per heavy atom. The van der Waals surface area contributed by atoms with Crippen molar-refractivity contribution in [1.29, 1.82) is 0 Å². The lowest BCUT2D eigenvalue weighted by molar-refractivity contribution is -0.945. The number of fused-ring (bicyclic) bond motifs is 3. The van der Waals surface area contributed by atoms with Crippen LogP contribution in [0.1, 0.15) is 12.8 Å². The SMILES string of the molecule is COCCNC(=O)[C@H]1C[NH+]2CC[C@H]1C[C@@H]2Cn1cc(-c2ccc(OC)cc2)nn1. The zero-order valence-electron chi connectivity index (χ0n) is 17.1. The number of nitrogens with one attached hydrogen (secondary N) is 2. The molecule has 3 aliphatic heterocycles. The smallest absolute Gasteiger partial charge is 0.229 e. The van der Waals surface area contributed by atoms with E-state index < -0.39 is 0 Å². The number of quaternary nitrogens is 1. The Hall–Kier alpha value is -2.45. The summed E-state index contributed by atoms with van der Waals surface area (Å²) in [7, 11) is 3.31. The Balaban J connectivity index is 1.35. The molecular weight excluding hydrogens is 370 g/mol. The van der Waals surface area contributed by atoms with Gasteiger partial charge < -0.3 is 19.7 Å². The highest BCUT2D eigenvalue weighted by Crippen LogP contribution is 2.28. The van der Waals surface area contributed by atoms with E-state index in [0.29, 0.717) is 25.1 Å². The van der Waals surface area contributed by atoms with Crippen molar-refractivity contribution in [3.8, 4) is 17.0 Å². The summed E-state index contributed by atoms with van der Waals surface area (Å²) < 4.78 is 12.2. The van der Waals surface area contributed by atoms with Gasteiger partial charge in [0.2, 0.25) is 5.91 Å². The van der Waals surface area contributed by atoms with E-state index in [0.717, 1.165) is 49.5 Å². The fourth-order valence-electron chi connectivity index (χ4n) is 4.73. The van der Waals surface area contributed by atoms with Gasteiger partial charge in [0, 0.05) is 32.1 Å². The van der Waals surface area contributed by atoms with Crippen LogP contribution in [0.4, 0.5) is 0 Å². The molecule has 3 saturated heterocycles. The van der Waals surface area contributed by atoms with Crippen molar-refractivity contribution < 1.29 is 19.2 Å². The van der Waals surface area contributed by atoms with Crippen LogP contribution in [0.3, 0.4) is 0 Å². The Morgan fingerprint density at radius 2 is 2.14 bits per heavy atom. The number of methoxy groups -OCH3 is 2. The average molecular weight is 401 g/mol. The maximum absolute atomic E-state index is 12.5. The standard InChI is InChI=1S/C21H29N5O3/c1-28-10-8-22-21(27)19-13-25-9-7-16(19)11-17(25)12-26-14-20(23-24-26)15-3-5-18(29-2)6-4-15/h3-6,14,16-17,19H,7-13H2,1-2H3,(H,22,27)/p+1/t16-,17+,19-/m0/s1. The minimum Gasteiger partial charge on any atom is -0.497 e. The molecule has 8 nitrogen and oxygen atoms in total. The van der Waals surface area contributed by atoms with Gasteiger partial charge in [0.25, 0.3) is 0 Å². The predicted molar refractivity (Wildman–Crippen MR) is 108 cm³/mol. The highest BCUT2D eigenvalue weighted by atomic mass is 16.5. The fraction of sp³-hybridized carbons (Fsp3) is 0.571. The third kappa shape index (κ3) is 4.43. The Bertz CT molecular complexity index is 822. The highest BCUT2D eigenvalue weighted by Gasteiger charge is 2.46. The molecule has 1 amide bonds. The molecule has 1 aromatic heterocycles. The van der Waals surface area contributed by atoms with E-state index in [9.17, 15) is 4.79 Å². The molecule has 2 bridgehead atoms. The number of hydrogen-bond donors (Lipinski definition) is 2. The first-order valence-corrected chi connectivity index (χ1v) is 10.3. The molecule has 5 rings (SSSR count). The van der Waals surface area contributed by atoms with Gasteiger partial charge in [-0.1, -0.05) is 5.21 Å². The van der Waals surface area contributed by atoms with Gasteiger partial charge in [-0.15, -0.1) is 5.10 Å². The molecule has 1 aromatic carbocycles. The number of hydrogen-bond acceptors (Lipinski definition) is 5. The van der Waals surface area contributed by atoms with Crippen LogP contribution in [0.25, 0.3) is 11.3 Å². The van der Waals surface area contributed by atoms with Crippen LogP contribution in [0.5, 0.6) is 5.75 Å². The van der Waals surface area contributed by atoms with Gasteiger partial charge in [-0.2, -0.15) is 0 Å². The molecule has 0 saturated carbocycles. The van der Waals surface area contributed by atoms with E-state index in [1.807, 2.05) is 35.1 Å². The monoisotopic (exact) mass is 400 g/mol. The zero-order chi connectivity index (χ0) is 20.2. The van der Waals surface area contributed by atoms with Gasteiger partial charge in [0.05, 0.1) is 45.5 Å². The highest BCUT2D eigenvalue weighted by molar-refractivity contribution is 5.79. The third-order valence-electron chi connectivity index (χ3n) is 6.33. The lowest BCUT2D eigenvalue weighted by Gasteiger charge is -2.46. The Labute approximate surface area is 171 Å². The lowest BCUT2D eigenvalue weighted by atomic mass is 9.75. The summed E-state index contributed by atoms with van der Waals surface area (Å²) in [6, 6.07) is 8.35. The predicted octanol–water partition coefficient (Wildman–Crippen LogP) is 0.00960. The van der Waals surface area contributed by atoms with E-state index in [4.69, 9.17) is 9.47 Å². The molecule has 156 valence electrons. The van der Waals surface area contributed by atoms with Crippen LogP contribution in [0, 0.1) is 11.8 Å². The van der Waals surface area contributed by atoms with Crippen LogP contribution in [-0.2, 0) is 16.1 Å². The van der Waals surface area contributed by atoms with E-state index in [1.165, 1.54) is 4.90 Å². The van der Waals surface area contributed by atoms with Gasteiger partial charge in [-0.05, 0) is 30.2 Å². The number of ether oxygens (including phenoxy) is 2. The molecular formula is C21H30N5O3+. The molecule has 3 fully saturated rings. The van der Waals surface area contributed by atoms with Crippen molar-refractivity contribution in [2.75, 3.05) is 40.5 Å². The van der Waals surface area contributed by atoms with Crippen molar-refractivity contribution in [3.05, 3.63) is 30.5 Å². The first-order valence-electron chi connectivity index (χ1n) is 10.3. The summed E-state index contributed by atoms with van der Waals surface area (Å²) >= 11 is 0. The number of piperidine rings is 3. The number of carbonyl (C=O) groups is 1. The van der Waals surface area contributed by atoms with Crippen molar-refractivity contribution in [2.45, 2.75) is 25.4 Å². The van der Waals surface area contributed by atoms with Gasteiger partial charge >= 0.3 is 0 Å². The maximum atomic E-state index is 12.5. The van der Waals surface area contributed by atoms with Gasteiger partial charge in [-0.3, -0.25) is 4.79 Å². The lowest BCUT2D eigenvalue weighted by Crippen LogP contribution is -3.20. The summed E-state index contributed by atoms with van der Waals surface area (Å²) in [5.74, 6) is 1.60. The fourth-order valence-corrected chi connectivity index (χ4v) is 4.73. The number of nitrogens with zero attached hydrogens (tertiary/aromatic N) is 3. The van der Waals surface area contributed by atoms with Gasteiger partial charge in [-0.25, -0.2) is 4.68 Å². The second kappa shape index (κ2) is 8.92. The number of rotatable bonds is 8. The van der Waals surface area contributed by atoms with Crippen molar-refractivity contribution in [3.63, 3.8) is 0 Å². The molecule has 29 heavy (non-hydrogen) atoms. The number of amides is 1. The molecule has 0 spiro atoms. The maximum Gasteiger partial charge on any atom is 0.229 e. The van der Waals surface area contributed by atoms with Crippen molar-refractivity contribution >= 4 is 5.91 Å². The molecule has 4 atom stereocenters. The van der Waals surface area contributed by atoms with Crippen molar-refractivity contribution in [1.82, 2.24) is 20.3 Å². The molecule has 2 aromatic rings. The molecule has 2 N–H and O–H groups in total. The largest absolute Gasteiger partial charge is 0.497 e. The first kappa shape index (κ1) is 19.8. The van der Waals surface area contributed by atoms with Crippen LogP contribution in [0.15, 0.2) is 30.5 Å². The first-order chi connectivity index (χ1) is 14.2. The van der Waals surface area contributed by atoms with Crippen molar-refractivity contribution in [2.24, 2.45) is 11.8 Å². The molecule has 4 heterocycles. The Morgan fingerprint density at radius 1 is 1.31 bits per heavy atom. The van der Waals surface area contributed by atoms with Gasteiger partial charge in [0.15, 0.2) is 0 Å². The van der Waals surface area contributed by atoms with Crippen LogP contribution >= 0.6 is 0 Å². The summed E-state index contributed by atoms with van der Waals surface area (Å²) in [6.45, 7) is 4.04. The Kier molecular flexibility index (Phi) is 6.10. The molecule has 3 aliphatic rings. The molecule has 8 heteroatoms. The third-order valence-corrected chi connectivity index (χ3v) is 6.33. The summed E-state index contributed by atoms with van der Waals surface area (Å²) in [5, 5.41) is 11.7. The van der Waals surface area contributed by atoms with Gasteiger partial charge in [0.1, 0.15) is 17.5 Å². The number of benzene rings is 1. The summed E-state index contributed by atoms with van der Waals surface area (Å²) in [6.07, 6.45) is 4.21. The van der Waals surface area contributed by atoms with Crippen LogP contribution < -0.4 is 15.0 Å². The zero-order valence-corrected chi connectivity index (χ0v) is 17.1. The summed E-state index contributed by atoms with van der Waals surface area (Å²) in [4.78, 5) is 14.0. The average Bonchev–Trinajstić information content (AvgIpc) is 3.23. The number of aromatic nitrogens is 3. The van der Waals surface area contributed by atoms with E-state index in [2.05, 4.69) is 15.6 Å². The van der Waals surface area contributed by atoms with E-state index in [1.54, 1.807) is 14.2 Å². The number of carbonyl (C=O) groups excluding carboxylic acids is 1. The topological polar surface area (TPSA) is 82.7 Å². The normalized spacial score (nSPS) is 25.7.